The highest BCUT2D eigenvalue weighted by molar-refractivity contribution is 7.89. The Morgan fingerprint density at radius 3 is 1.92 bits per heavy atom. The van der Waals surface area contributed by atoms with Crippen LogP contribution in [0.15, 0.2) is 41.3 Å². The first-order valence-electron chi connectivity index (χ1n) is 8.80. The summed E-state index contributed by atoms with van der Waals surface area (Å²) >= 11 is 0. The van der Waals surface area contributed by atoms with Crippen molar-refractivity contribution < 1.29 is 13.2 Å². The lowest BCUT2D eigenvalue weighted by atomic mass is 10.1. The molecule has 5 nitrogen and oxygen atoms in total. The molecule has 0 N–H and O–H groups in total. The highest BCUT2D eigenvalue weighted by Crippen LogP contribution is 2.30. The van der Waals surface area contributed by atoms with Crippen molar-refractivity contribution in [3.05, 3.63) is 53.1 Å². The third-order valence-corrected chi connectivity index (χ3v) is 6.82. The van der Waals surface area contributed by atoms with Crippen LogP contribution >= 0.6 is 0 Å². The maximum Gasteiger partial charge on any atom is 0.243 e. The van der Waals surface area contributed by atoms with Gasteiger partial charge in [-0.2, -0.15) is 4.31 Å². The number of piperazine rings is 1. The number of sulfonamides is 1. The van der Waals surface area contributed by atoms with E-state index in [1.165, 1.54) is 0 Å². The first-order valence-corrected chi connectivity index (χ1v) is 10.2. The SMILES string of the molecule is COc1c(C)cc(N2CCN(S(=O)(=O)c3ccc(C)cc3)CC2)cc1C. The molecular weight excluding hydrogens is 348 g/mol. The first-order chi connectivity index (χ1) is 12.3. The maximum absolute atomic E-state index is 12.8. The van der Waals surface area contributed by atoms with Crippen LogP contribution in [-0.2, 0) is 10.0 Å². The molecular formula is C20H26N2O3S. The van der Waals surface area contributed by atoms with E-state index in [9.17, 15) is 8.42 Å². The normalized spacial score (nSPS) is 15.9. The zero-order valence-corrected chi connectivity index (χ0v) is 16.6. The largest absolute Gasteiger partial charge is 0.496 e. The lowest BCUT2D eigenvalue weighted by molar-refractivity contribution is 0.384. The minimum atomic E-state index is -3.42. The van der Waals surface area contributed by atoms with Crippen molar-refractivity contribution in [3.63, 3.8) is 0 Å². The summed E-state index contributed by atoms with van der Waals surface area (Å²) in [6, 6.07) is 11.3. The van der Waals surface area contributed by atoms with Gasteiger partial charge in [0.05, 0.1) is 12.0 Å². The van der Waals surface area contributed by atoms with Crippen LogP contribution in [0.4, 0.5) is 5.69 Å². The average Bonchev–Trinajstić information content (AvgIpc) is 2.62. The fraction of sp³-hybridized carbons (Fsp3) is 0.400. The third kappa shape index (κ3) is 3.57. The van der Waals surface area contributed by atoms with Gasteiger partial charge in [0.1, 0.15) is 5.75 Å². The fourth-order valence-corrected chi connectivity index (χ4v) is 4.90. The number of nitrogens with zero attached hydrogens (tertiary/aromatic N) is 2. The van der Waals surface area contributed by atoms with E-state index < -0.39 is 10.0 Å². The highest BCUT2D eigenvalue weighted by Gasteiger charge is 2.28. The van der Waals surface area contributed by atoms with Crippen LogP contribution in [0.2, 0.25) is 0 Å². The zero-order chi connectivity index (χ0) is 18.9. The van der Waals surface area contributed by atoms with Crippen molar-refractivity contribution in [2.24, 2.45) is 0 Å². The van der Waals surface area contributed by atoms with E-state index in [0.29, 0.717) is 31.1 Å². The van der Waals surface area contributed by atoms with Gasteiger partial charge in [0.25, 0.3) is 0 Å². The number of hydrogen-bond acceptors (Lipinski definition) is 4. The van der Waals surface area contributed by atoms with E-state index in [-0.39, 0.29) is 0 Å². The molecule has 2 aromatic rings. The number of anilines is 1. The quantitative estimate of drug-likeness (QED) is 0.825. The Labute approximate surface area is 156 Å². The van der Waals surface area contributed by atoms with Crippen molar-refractivity contribution >= 4 is 15.7 Å². The Morgan fingerprint density at radius 1 is 0.885 bits per heavy atom. The standard InChI is InChI=1S/C20H26N2O3S/c1-15-5-7-19(8-6-15)26(23,24)22-11-9-21(10-12-22)18-13-16(2)20(25-4)17(3)14-18/h5-8,13-14H,9-12H2,1-4H3. The molecule has 1 fully saturated rings. The Kier molecular flexibility index (Phi) is 5.25. The van der Waals surface area contributed by atoms with Crippen molar-refractivity contribution in [1.82, 2.24) is 4.31 Å². The molecule has 0 bridgehead atoms. The van der Waals surface area contributed by atoms with Gasteiger partial charge in [-0.15, -0.1) is 0 Å². The van der Waals surface area contributed by atoms with Crippen LogP contribution < -0.4 is 9.64 Å². The van der Waals surface area contributed by atoms with Crippen LogP contribution in [0.3, 0.4) is 0 Å². The summed E-state index contributed by atoms with van der Waals surface area (Å²) in [4.78, 5) is 2.60. The van der Waals surface area contributed by atoms with Crippen molar-refractivity contribution in [1.29, 1.82) is 0 Å². The van der Waals surface area contributed by atoms with Crippen LogP contribution in [-0.4, -0.2) is 46.0 Å². The smallest absolute Gasteiger partial charge is 0.243 e. The number of rotatable bonds is 4. The van der Waals surface area contributed by atoms with E-state index in [2.05, 4.69) is 17.0 Å². The molecule has 0 saturated carbocycles. The van der Waals surface area contributed by atoms with Crippen LogP contribution in [0.25, 0.3) is 0 Å². The van der Waals surface area contributed by atoms with Crippen LogP contribution in [0, 0.1) is 20.8 Å². The van der Waals surface area contributed by atoms with Gasteiger partial charge in [-0.25, -0.2) is 8.42 Å². The minimum Gasteiger partial charge on any atom is -0.496 e. The highest BCUT2D eigenvalue weighted by atomic mass is 32.2. The van der Waals surface area contributed by atoms with E-state index >= 15 is 0 Å². The second-order valence-electron chi connectivity index (χ2n) is 6.82. The van der Waals surface area contributed by atoms with Crippen LogP contribution in [0.1, 0.15) is 16.7 Å². The molecule has 2 aromatic carbocycles. The first kappa shape index (κ1) is 18.7. The Hall–Kier alpha value is -2.05. The molecule has 0 amide bonds. The molecule has 26 heavy (non-hydrogen) atoms. The molecule has 0 aromatic heterocycles. The van der Waals surface area contributed by atoms with Gasteiger partial charge in [-0.1, -0.05) is 17.7 Å². The monoisotopic (exact) mass is 374 g/mol. The summed E-state index contributed by atoms with van der Waals surface area (Å²) in [5.41, 5.74) is 4.36. The summed E-state index contributed by atoms with van der Waals surface area (Å²) in [5, 5.41) is 0. The number of benzene rings is 2. The molecule has 1 heterocycles. The molecule has 0 radical (unpaired) electrons. The second-order valence-corrected chi connectivity index (χ2v) is 8.75. The number of hydrogen-bond donors (Lipinski definition) is 0. The third-order valence-electron chi connectivity index (χ3n) is 4.91. The zero-order valence-electron chi connectivity index (χ0n) is 15.8. The Balaban J connectivity index is 1.74. The molecule has 140 valence electrons. The van der Waals surface area contributed by atoms with Gasteiger partial charge >= 0.3 is 0 Å². The molecule has 0 atom stereocenters. The van der Waals surface area contributed by atoms with Gasteiger partial charge in [-0.05, 0) is 56.2 Å². The lowest BCUT2D eigenvalue weighted by Gasteiger charge is -2.35. The number of methoxy groups -OCH3 is 1. The maximum atomic E-state index is 12.8. The van der Waals surface area contributed by atoms with E-state index in [1.54, 1.807) is 23.5 Å². The predicted octanol–water partition coefficient (Wildman–Crippen LogP) is 3.13. The summed E-state index contributed by atoms with van der Waals surface area (Å²) in [6.45, 7) is 8.35. The molecule has 0 unspecified atom stereocenters. The number of ether oxygens (including phenoxy) is 1. The predicted molar refractivity (Wildman–Crippen MR) is 105 cm³/mol. The molecule has 1 saturated heterocycles. The van der Waals surface area contributed by atoms with Gasteiger partial charge in [-0.3, -0.25) is 0 Å². The van der Waals surface area contributed by atoms with Crippen LogP contribution in [0.5, 0.6) is 5.75 Å². The van der Waals surface area contributed by atoms with E-state index in [0.717, 1.165) is 28.1 Å². The molecule has 6 heteroatoms. The molecule has 0 aliphatic carbocycles. The summed E-state index contributed by atoms with van der Waals surface area (Å²) < 4.78 is 32.7. The molecule has 1 aliphatic rings. The fourth-order valence-electron chi connectivity index (χ4n) is 3.48. The van der Waals surface area contributed by atoms with E-state index in [4.69, 9.17) is 4.74 Å². The van der Waals surface area contributed by atoms with Gasteiger partial charge in [0.15, 0.2) is 0 Å². The van der Waals surface area contributed by atoms with Gasteiger partial charge in [0.2, 0.25) is 10.0 Å². The summed E-state index contributed by atoms with van der Waals surface area (Å²) in [5.74, 6) is 0.911. The average molecular weight is 375 g/mol. The van der Waals surface area contributed by atoms with E-state index in [1.807, 2.05) is 32.9 Å². The second kappa shape index (κ2) is 7.29. The summed E-state index contributed by atoms with van der Waals surface area (Å²) in [7, 11) is -1.74. The molecule has 3 rings (SSSR count). The Bertz CT molecular complexity index is 861. The topological polar surface area (TPSA) is 49.9 Å². The van der Waals surface area contributed by atoms with Crippen molar-refractivity contribution in [2.75, 3.05) is 38.2 Å². The lowest BCUT2D eigenvalue weighted by Crippen LogP contribution is -2.48. The summed E-state index contributed by atoms with van der Waals surface area (Å²) in [6.07, 6.45) is 0. The number of aryl methyl sites for hydroxylation is 3. The van der Waals surface area contributed by atoms with Crippen molar-refractivity contribution in [2.45, 2.75) is 25.7 Å². The minimum absolute atomic E-state index is 0.368. The Morgan fingerprint density at radius 2 is 1.42 bits per heavy atom. The molecule has 0 spiro atoms. The molecule has 1 aliphatic heterocycles. The van der Waals surface area contributed by atoms with Gasteiger partial charge < -0.3 is 9.64 Å². The van der Waals surface area contributed by atoms with Gasteiger partial charge in [0, 0.05) is 31.9 Å². The van der Waals surface area contributed by atoms with Crippen molar-refractivity contribution in [3.8, 4) is 5.75 Å².